The molecule has 0 aliphatic carbocycles. The molecule has 4 nitrogen and oxygen atoms in total. The Kier molecular flexibility index (Phi) is 38.5. The van der Waals surface area contributed by atoms with Crippen LogP contribution >= 0.6 is 11.6 Å². The van der Waals surface area contributed by atoms with Crippen LogP contribution in [0.5, 0.6) is 0 Å². The third-order valence-corrected chi connectivity index (χ3v) is 0.670. The Balaban J connectivity index is -0.0000000383. The smallest absolute Gasteiger partial charge is 0.784 e. The van der Waals surface area contributed by atoms with Crippen molar-refractivity contribution in [3.05, 3.63) is 0 Å². The molecule has 1 atom stereocenters. The average Bonchev–Trinajstić information content (AvgIpc) is 1.65. The van der Waals surface area contributed by atoms with Crippen LogP contribution in [-0.4, -0.2) is 30.4 Å². The third kappa shape index (κ3) is 70.3. The van der Waals surface area contributed by atoms with Gasteiger partial charge in [0.1, 0.15) is 0 Å². The number of aliphatic hydroxyl groups is 1. The van der Waals surface area contributed by atoms with Crippen LogP contribution in [-0.2, 0) is 11.4 Å². The molecule has 1 N–H and O–H groups in total. The van der Waals surface area contributed by atoms with Gasteiger partial charge in [-0.1, -0.05) is 0 Å². The summed E-state index contributed by atoms with van der Waals surface area (Å²) in [4.78, 5) is 0. The van der Waals surface area contributed by atoms with Crippen LogP contribution in [0.15, 0.2) is 0 Å². The zero-order valence-electron chi connectivity index (χ0n) is 6.74. The fraction of sp³-hybridized carbons (Fsp3) is 1.00. The van der Waals surface area contributed by atoms with Gasteiger partial charge in [0.15, 0.2) is 0 Å². The number of hydrogen-bond donors (Lipinski definition) is 1. The van der Waals surface area contributed by atoms with Gasteiger partial charge in [0.2, 0.25) is 0 Å². The van der Waals surface area contributed by atoms with Gasteiger partial charge in [-0.3, -0.25) is 4.21 Å². The first kappa shape index (κ1) is 23.3. The first-order chi connectivity index (χ1) is 4.00. The van der Waals surface area contributed by atoms with Gasteiger partial charge in [0.25, 0.3) is 0 Å². The molecule has 0 saturated heterocycles. The molecule has 0 aromatic heterocycles. The van der Waals surface area contributed by atoms with Gasteiger partial charge in [0.05, 0.1) is 6.10 Å². The normalized spacial score (nSPS) is 10.0. The fourth-order valence-corrected chi connectivity index (χ4v) is 0. The molecule has 0 saturated carbocycles. The van der Waals surface area contributed by atoms with Crippen LogP contribution in [0, 0.1) is 0 Å². The molecule has 0 heterocycles. The van der Waals surface area contributed by atoms with Crippen molar-refractivity contribution >= 4 is 23.0 Å². The molecule has 0 fully saturated rings. The van der Waals surface area contributed by atoms with Crippen molar-refractivity contribution in [2.75, 3.05) is 5.88 Å². The minimum atomic E-state index is -3.11. The number of aliphatic hydroxyl groups excluding tert-OH is 1. The second-order valence-corrected chi connectivity index (χ2v) is 1.92. The molecule has 0 aromatic carbocycles. The minimum Gasteiger partial charge on any atom is -0.784 e. The van der Waals surface area contributed by atoms with Crippen LogP contribution in [0.4, 0.5) is 0 Å². The summed E-state index contributed by atoms with van der Waals surface area (Å²) in [6, 6.07) is 0. The van der Waals surface area contributed by atoms with Crippen LogP contribution in [0.25, 0.3) is 0 Å². The molecule has 1 unspecified atom stereocenters. The van der Waals surface area contributed by atoms with Gasteiger partial charge in [-0.2, -0.15) is 0 Å². The van der Waals surface area contributed by atoms with E-state index in [2.05, 4.69) is 0 Å². The van der Waals surface area contributed by atoms with Gasteiger partial charge in [0, 0.05) is 5.88 Å². The maximum atomic E-state index is 8.44. The number of rotatable bonds is 1. The van der Waals surface area contributed by atoms with E-state index in [0.717, 1.165) is 0 Å². The predicted molar refractivity (Wildman–Crippen MR) is 32.1 cm³/mol. The second kappa shape index (κ2) is 18.2. The number of alkyl halides is 1. The summed E-state index contributed by atoms with van der Waals surface area (Å²) in [7, 11) is 0. The van der Waals surface area contributed by atoms with E-state index in [4.69, 9.17) is 30.0 Å². The minimum absolute atomic E-state index is 0. The molecule has 8 heteroatoms. The molecular formula is C3H7ClNa2O4S. The zero-order chi connectivity index (χ0) is 7.86. The molecule has 0 aromatic rings. The van der Waals surface area contributed by atoms with Gasteiger partial charge < -0.3 is 14.2 Å². The van der Waals surface area contributed by atoms with Gasteiger partial charge in [-0.15, -0.1) is 23.0 Å². The molecule has 0 aliphatic rings. The molecular weight excluding hydrogens is 214 g/mol. The maximum Gasteiger partial charge on any atom is 1.00 e. The van der Waals surface area contributed by atoms with Crippen molar-refractivity contribution in [1.29, 1.82) is 0 Å². The predicted octanol–water partition coefficient (Wildman–Crippen LogP) is -6.39. The van der Waals surface area contributed by atoms with Crippen LogP contribution in [0.2, 0.25) is 0 Å². The topological polar surface area (TPSA) is 83.4 Å². The molecule has 0 amide bonds. The van der Waals surface area contributed by atoms with E-state index >= 15 is 0 Å². The molecule has 0 aliphatic heterocycles. The molecule has 58 valence electrons. The van der Waals surface area contributed by atoms with Gasteiger partial charge in [-0.25, -0.2) is 0 Å². The molecule has 0 radical (unpaired) electrons. The van der Waals surface area contributed by atoms with Crippen molar-refractivity contribution in [2.24, 2.45) is 0 Å². The Morgan fingerprint density at radius 2 is 1.64 bits per heavy atom. The van der Waals surface area contributed by atoms with Crippen LogP contribution < -0.4 is 59.1 Å². The van der Waals surface area contributed by atoms with Gasteiger partial charge in [-0.05, 0) is 6.92 Å². The summed E-state index contributed by atoms with van der Waals surface area (Å²) in [6.45, 7) is 1.65. The van der Waals surface area contributed by atoms with E-state index < -0.39 is 11.4 Å². The Labute approximate surface area is 118 Å². The summed E-state index contributed by atoms with van der Waals surface area (Å²) in [5, 5.41) is 8.23. The summed E-state index contributed by atoms with van der Waals surface area (Å²) in [5.74, 6) is 0.333. The molecule has 0 spiro atoms. The van der Waals surface area contributed by atoms with E-state index in [0.29, 0.717) is 5.88 Å². The second-order valence-electron chi connectivity index (χ2n) is 1.21. The Hall–Kier alpha value is 2.32. The maximum absolute atomic E-state index is 8.44. The summed E-state index contributed by atoms with van der Waals surface area (Å²) in [6.07, 6.45) is -0.350. The summed E-state index contributed by atoms with van der Waals surface area (Å²) < 4.78 is 25.3. The largest absolute Gasteiger partial charge is 1.00 e. The van der Waals surface area contributed by atoms with Crippen LogP contribution in [0.3, 0.4) is 0 Å². The zero-order valence-corrected chi connectivity index (χ0v) is 12.3. The van der Waals surface area contributed by atoms with E-state index in [-0.39, 0.29) is 65.2 Å². The van der Waals surface area contributed by atoms with Crippen molar-refractivity contribution in [1.82, 2.24) is 0 Å². The van der Waals surface area contributed by atoms with Crippen molar-refractivity contribution in [2.45, 2.75) is 13.0 Å². The van der Waals surface area contributed by atoms with Crippen LogP contribution in [0.1, 0.15) is 6.92 Å². The van der Waals surface area contributed by atoms with Crippen molar-refractivity contribution in [3.63, 3.8) is 0 Å². The fourth-order valence-electron chi connectivity index (χ4n) is 0. The molecule has 0 rings (SSSR count). The molecule has 0 bridgehead atoms. The average molecular weight is 221 g/mol. The summed E-state index contributed by atoms with van der Waals surface area (Å²) in [5.41, 5.74) is 0. The quantitative estimate of drug-likeness (QED) is 0.271. The molecule has 11 heavy (non-hydrogen) atoms. The van der Waals surface area contributed by atoms with E-state index in [1.807, 2.05) is 0 Å². The van der Waals surface area contributed by atoms with E-state index in [1.54, 1.807) is 6.92 Å². The number of hydrogen-bond acceptors (Lipinski definition) is 4. The SMILES string of the molecule is CC(O)CCl.O=S([O-])[O-].[Na+].[Na+]. The number of halogens is 1. The Morgan fingerprint density at radius 3 is 1.64 bits per heavy atom. The van der Waals surface area contributed by atoms with E-state index in [9.17, 15) is 0 Å². The first-order valence-electron chi connectivity index (χ1n) is 2.01. The van der Waals surface area contributed by atoms with Crippen molar-refractivity contribution in [3.8, 4) is 0 Å². The first-order valence-corrected chi connectivity index (χ1v) is 3.55. The van der Waals surface area contributed by atoms with Gasteiger partial charge >= 0.3 is 59.1 Å². The monoisotopic (exact) mass is 220 g/mol. The van der Waals surface area contributed by atoms with E-state index in [1.165, 1.54) is 0 Å². The third-order valence-electron chi connectivity index (χ3n) is 0.223. The standard InChI is InChI=1S/C3H7ClO.2Na.H2O3S/c1-3(5)2-4;;;1-4(2)3/h3,5H,2H2,1H3;;;(H2,1,2,3)/q;2*+1;/p-2. The summed E-state index contributed by atoms with van der Waals surface area (Å²) >= 11 is 1.98. The Bertz CT molecular complexity index is 79.7. The Morgan fingerprint density at radius 1 is 1.55 bits per heavy atom. The van der Waals surface area contributed by atoms with Crippen molar-refractivity contribution < 1.29 is 77.5 Å².